The molecule has 3 aliphatic rings. The first-order valence-corrected chi connectivity index (χ1v) is 19.7. The lowest BCUT2D eigenvalue weighted by Gasteiger charge is -2.30. The number of nitrogens with one attached hydrogen (secondary N) is 2. The third kappa shape index (κ3) is 7.55. The number of rotatable bonds is 14. The molecule has 0 amide bonds. The first kappa shape index (κ1) is 37.8. The van der Waals surface area contributed by atoms with Gasteiger partial charge in [0.1, 0.15) is 29.0 Å². The van der Waals surface area contributed by atoms with Crippen molar-refractivity contribution in [2.45, 2.75) is 90.6 Å². The highest BCUT2D eigenvalue weighted by Gasteiger charge is 2.40. The fourth-order valence-corrected chi connectivity index (χ4v) is 8.27. The Kier molecular flexibility index (Phi) is 10.9. The molecule has 5 heterocycles. The first-order valence-electron chi connectivity index (χ1n) is 19.7. The number of hydrogen-bond acceptors (Lipinski definition) is 11. The van der Waals surface area contributed by atoms with E-state index in [0.717, 1.165) is 67.1 Å². The zero-order valence-corrected chi connectivity index (χ0v) is 32.7. The zero-order chi connectivity index (χ0) is 38.9. The van der Waals surface area contributed by atoms with Crippen molar-refractivity contribution in [3.05, 3.63) is 82.9 Å². The number of piperazine rings is 1. The molecule has 3 saturated heterocycles. The smallest absolute Gasteiger partial charge is 0.319 e. The van der Waals surface area contributed by atoms with Gasteiger partial charge >= 0.3 is 6.01 Å². The van der Waals surface area contributed by atoms with Gasteiger partial charge in [0.25, 0.3) is 0 Å². The Morgan fingerprint density at radius 2 is 1.88 bits per heavy atom. The van der Waals surface area contributed by atoms with Crippen molar-refractivity contribution in [2.24, 2.45) is 5.10 Å². The highest BCUT2D eigenvalue weighted by atomic mass is 19.1. The predicted molar refractivity (Wildman–Crippen MR) is 217 cm³/mol. The molecule has 3 aromatic carbocycles. The summed E-state index contributed by atoms with van der Waals surface area (Å²) in [5.41, 5.74) is 7.15. The van der Waals surface area contributed by atoms with Crippen LogP contribution in [-0.2, 0) is 35.5 Å². The normalized spacial score (nSPS) is 18.7. The van der Waals surface area contributed by atoms with Crippen LogP contribution in [0.25, 0.3) is 32.9 Å². The molecule has 3 fully saturated rings. The van der Waals surface area contributed by atoms with Gasteiger partial charge in [-0.05, 0) is 73.9 Å². The second-order valence-corrected chi connectivity index (χ2v) is 15.3. The van der Waals surface area contributed by atoms with Gasteiger partial charge in [-0.3, -0.25) is 10.1 Å². The average molecular weight is 763 g/mol. The molecule has 0 radical (unpaired) electrons. The average Bonchev–Trinajstić information content (AvgIpc) is 3.97. The van der Waals surface area contributed by atoms with Gasteiger partial charge in [-0.2, -0.15) is 20.2 Å². The molecule has 13 heteroatoms. The number of phenols is 1. The van der Waals surface area contributed by atoms with Crippen LogP contribution in [0, 0.1) is 5.82 Å². The van der Waals surface area contributed by atoms with Gasteiger partial charge in [0, 0.05) is 78.4 Å². The second-order valence-electron chi connectivity index (χ2n) is 15.3. The molecule has 2 aromatic heterocycles. The van der Waals surface area contributed by atoms with Crippen LogP contribution in [0.1, 0.15) is 68.7 Å². The van der Waals surface area contributed by atoms with Gasteiger partial charge in [-0.25, -0.2) is 4.39 Å². The number of aromatic nitrogens is 4. The maximum absolute atomic E-state index is 16.4. The Balaban J connectivity index is 1.20. The molecule has 2 bridgehead atoms. The Morgan fingerprint density at radius 1 is 1.09 bits per heavy atom. The summed E-state index contributed by atoms with van der Waals surface area (Å²) in [6.07, 6.45) is 5.88. The number of aryl methyl sites for hydroxylation is 1. The Hall–Kier alpha value is -5.11. The number of ether oxygens (including phenoxy) is 3. The molecule has 2 atom stereocenters. The van der Waals surface area contributed by atoms with Crippen molar-refractivity contribution in [1.82, 2.24) is 30.5 Å². The topological polar surface area (TPSA) is 133 Å². The van der Waals surface area contributed by atoms with E-state index in [4.69, 9.17) is 29.3 Å². The molecule has 5 aromatic rings. The van der Waals surface area contributed by atoms with Gasteiger partial charge in [0.2, 0.25) is 0 Å². The first-order chi connectivity index (χ1) is 27.2. The number of phenolic OH excluding ortho intramolecular Hbond substituents is 1. The lowest BCUT2D eigenvalue weighted by molar-refractivity contribution is 0.0219. The summed E-state index contributed by atoms with van der Waals surface area (Å²) in [6.45, 7) is 13.8. The molecule has 0 aliphatic carbocycles. The Morgan fingerprint density at radius 3 is 2.57 bits per heavy atom. The summed E-state index contributed by atoms with van der Waals surface area (Å²) in [5.74, 6) is 0.268. The van der Waals surface area contributed by atoms with E-state index in [0.29, 0.717) is 82.7 Å². The van der Waals surface area contributed by atoms with Crippen molar-refractivity contribution >= 4 is 33.3 Å². The second kappa shape index (κ2) is 16.2. The van der Waals surface area contributed by atoms with E-state index in [1.807, 2.05) is 24.9 Å². The SMILES string of the molecule is C=C(C)N(Cc1ccc(CCc2c(F)cc3[nH]ncc3c2-c2c(COC)cc3c(N4CC5CC4CN5)nc(OC4CCOCC4)nc3c2O)cc1)/N=C(/C)CC. The number of hydrazone groups is 1. The number of hydrogen-bond donors (Lipinski definition) is 3. The molecular formula is C43H51FN8O4. The van der Waals surface area contributed by atoms with Crippen molar-refractivity contribution in [3.63, 3.8) is 0 Å². The van der Waals surface area contributed by atoms with Crippen molar-refractivity contribution in [2.75, 3.05) is 38.3 Å². The quantitative estimate of drug-likeness (QED) is 0.0790. The molecule has 294 valence electrons. The highest BCUT2D eigenvalue weighted by Crippen LogP contribution is 2.47. The van der Waals surface area contributed by atoms with Crippen LogP contribution in [0.5, 0.6) is 11.8 Å². The van der Waals surface area contributed by atoms with E-state index >= 15 is 4.39 Å². The summed E-state index contributed by atoms with van der Waals surface area (Å²) in [5, 5.41) is 31.4. The highest BCUT2D eigenvalue weighted by molar-refractivity contribution is 6.05. The minimum absolute atomic E-state index is 0.0701. The lowest BCUT2D eigenvalue weighted by atomic mass is 9.88. The summed E-state index contributed by atoms with van der Waals surface area (Å²) >= 11 is 0. The van der Waals surface area contributed by atoms with Gasteiger partial charge in [-0.15, -0.1) is 0 Å². The predicted octanol–water partition coefficient (Wildman–Crippen LogP) is 7.18. The van der Waals surface area contributed by atoms with Crippen LogP contribution in [0.4, 0.5) is 10.2 Å². The number of allylic oxidation sites excluding steroid dienone is 1. The Labute approximate surface area is 326 Å². The largest absolute Gasteiger partial charge is 0.505 e. The third-order valence-electron chi connectivity index (χ3n) is 11.4. The number of halogens is 1. The molecule has 3 N–H and O–H groups in total. The van der Waals surface area contributed by atoms with Crippen molar-refractivity contribution in [1.29, 1.82) is 0 Å². The van der Waals surface area contributed by atoms with Crippen LogP contribution < -0.4 is 15.0 Å². The van der Waals surface area contributed by atoms with E-state index in [1.54, 1.807) is 13.3 Å². The number of benzene rings is 3. The van der Waals surface area contributed by atoms with E-state index < -0.39 is 0 Å². The van der Waals surface area contributed by atoms with E-state index in [1.165, 1.54) is 6.07 Å². The maximum Gasteiger partial charge on any atom is 0.319 e. The number of aromatic hydroxyl groups is 1. The van der Waals surface area contributed by atoms with E-state index in [2.05, 4.69) is 58.2 Å². The van der Waals surface area contributed by atoms with Gasteiger partial charge in [0.05, 0.1) is 38.1 Å². The van der Waals surface area contributed by atoms with Gasteiger partial charge < -0.3 is 29.5 Å². The number of aromatic amines is 1. The molecular weight excluding hydrogens is 712 g/mol. The molecule has 0 saturated carbocycles. The van der Waals surface area contributed by atoms with Crippen LogP contribution >= 0.6 is 0 Å². The number of anilines is 1. The number of H-pyrrole nitrogens is 1. The van der Waals surface area contributed by atoms with Crippen molar-refractivity contribution in [3.8, 4) is 22.9 Å². The molecule has 3 aliphatic heterocycles. The van der Waals surface area contributed by atoms with Crippen LogP contribution in [-0.4, -0.2) is 87.6 Å². The summed E-state index contributed by atoms with van der Waals surface area (Å²) < 4.78 is 34.2. The van der Waals surface area contributed by atoms with Crippen LogP contribution in [0.3, 0.4) is 0 Å². The van der Waals surface area contributed by atoms with Crippen LogP contribution in [0.15, 0.2) is 60.0 Å². The van der Waals surface area contributed by atoms with Gasteiger partial charge in [0.15, 0.2) is 0 Å². The number of nitrogens with zero attached hydrogens (tertiary/aromatic N) is 6. The fourth-order valence-electron chi connectivity index (χ4n) is 8.27. The number of fused-ring (bicyclic) bond motifs is 4. The fraction of sp³-hybridized carbons (Fsp3) is 0.442. The van der Waals surface area contributed by atoms with E-state index in [9.17, 15) is 5.11 Å². The summed E-state index contributed by atoms with van der Waals surface area (Å²) in [4.78, 5) is 12.2. The van der Waals surface area contributed by atoms with E-state index in [-0.39, 0.29) is 36.3 Å². The summed E-state index contributed by atoms with van der Waals surface area (Å²) in [6, 6.07) is 12.7. The summed E-state index contributed by atoms with van der Waals surface area (Å²) in [7, 11) is 1.62. The molecule has 0 spiro atoms. The minimum atomic E-state index is -0.384. The van der Waals surface area contributed by atoms with Crippen molar-refractivity contribution < 1.29 is 23.7 Å². The third-order valence-corrected chi connectivity index (χ3v) is 11.4. The minimum Gasteiger partial charge on any atom is -0.505 e. The number of methoxy groups -OCH3 is 1. The standard InChI is InChI=1S/C43H51FN8O4/c1-6-26(4)50-52(25(2)3)22-28-9-7-27(8-10-28)11-12-33-36(44)19-37-35(21-46-49-37)39(33)38-29(24-54-5)17-34-40(41(38)53)47-43(56-32-13-15-55-16-14-32)48-42(34)51-23-30-18-31(51)20-45-30/h7-10,17,19,21,30-32,45,53H,2,6,11-16,18,20,22-24H2,1,3-5H3,(H,46,49)/b50-26-. The van der Waals surface area contributed by atoms with Crippen LogP contribution in [0.2, 0.25) is 0 Å². The molecule has 8 rings (SSSR count). The zero-order valence-electron chi connectivity index (χ0n) is 32.7. The molecule has 56 heavy (non-hydrogen) atoms. The maximum atomic E-state index is 16.4. The molecule has 2 unspecified atom stereocenters. The molecule has 12 nitrogen and oxygen atoms in total. The lowest BCUT2D eigenvalue weighted by Crippen LogP contribution is -2.44. The Bertz CT molecular complexity index is 2270. The van der Waals surface area contributed by atoms with Gasteiger partial charge in [-0.1, -0.05) is 37.8 Å². The monoisotopic (exact) mass is 762 g/mol.